The Morgan fingerprint density at radius 1 is 1.00 bits per heavy atom. The Morgan fingerprint density at radius 2 is 1.76 bits per heavy atom. The second kappa shape index (κ2) is 15.5. The van der Waals surface area contributed by atoms with E-state index in [0.717, 1.165) is 33.4 Å². The number of nitrogens with zero attached hydrogens (tertiary/aromatic N) is 1. The standard InChI is InChI=1S/C35H34N2O7S/c1-2-18-42-35(41)37-20-27-6-3-4-7-29(27)24-13-15-26(16-14-24)34-43-28(22-45-32-30(33(39)40)8-5-17-36-32)19-31(44-34)25-11-9-23(21-38)10-12-25/h2-17,28,31,34,38H,1,18-22H2,(H,37,41)(H,39,40). The van der Waals surface area contributed by atoms with Crippen LogP contribution in [-0.2, 0) is 27.4 Å². The summed E-state index contributed by atoms with van der Waals surface area (Å²) in [5.74, 6) is -0.543. The maximum atomic E-state index is 12.0. The van der Waals surface area contributed by atoms with E-state index in [9.17, 15) is 19.8 Å². The summed E-state index contributed by atoms with van der Waals surface area (Å²) in [4.78, 5) is 27.9. The van der Waals surface area contributed by atoms with Crippen LogP contribution in [0.3, 0.4) is 0 Å². The molecular weight excluding hydrogens is 592 g/mol. The number of carbonyl (C=O) groups is 2. The Bertz CT molecular complexity index is 1610. The number of aliphatic hydroxyl groups excluding tert-OH is 1. The number of carboxylic acids is 1. The number of benzene rings is 3. The van der Waals surface area contributed by atoms with Gasteiger partial charge in [-0.3, -0.25) is 0 Å². The first-order valence-corrected chi connectivity index (χ1v) is 15.4. The van der Waals surface area contributed by atoms with E-state index in [-0.39, 0.29) is 31.0 Å². The van der Waals surface area contributed by atoms with Crippen LogP contribution in [0.1, 0.15) is 51.4 Å². The van der Waals surface area contributed by atoms with Gasteiger partial charge in [-0.15, -0.1) is 11.8 Å². The number of amides is 1. The molecule has 232 valence electrons. The van der Waals surface area contributed by atoms with E-state index >= 15 is 0 Å². The van der Waals surface area contributed by atoms with Crippen LogP contribution < -0.4 is 5.32 Å². The van der Waals surface area contributed by atoms with Gasteiger partial charge in [0.15, 0.2) is 6.29 Å². The van der Waals surface area contributed by atoms with Crippen molar-refractivity contribution in [1.29, 1.82) is 0 Å². The predicted octanol–water partition coefficient (Wildman–Crippen LogP) is 6.69. The van der Waals surface area contributed by atoms with E-state index in [1.54, 1.807) is 18.3 Å². The maximum absolute atomic E-state index is 12.0. The minimum atomic E-state index is -1.02. The lowest BCUT2D eigenvalue weighted by molar-refractivity contribution is -0.245. The number of hydrogen-bond donors (Lipinski definition) is 3. The summed E-state index contributed by atoms with van der Waals surface area (Å²) in [7, 11) is 0. The van der Waals surface area contributed by atoms with Gasteiger partial charge in [0.2, 0.25) is 0 Å². The van der Waals surface area contributed by atoms with Gasteiger partial charge in [-0.25, -0.2) is 14.6 Å². The zero-order valence-electron chi connectivity index (χ0n) is 24.5. The van der Waals surface area contributed by atoms with Crippen LogP contribution in [-0.4, -0.2) is 45.7 Å². The van der Waals surface area contributed by atoms with Crippen LogP contribution in [0.15, 0.2) is 109 Å². The van der Waals surface area contributed by atoms with Crippen molar-refractivity contribution in [3.8, 4) is 11.1 Å². The molecule has 0 aliphatic carbocycles. The summed E-state index contributed by atoms with van der Waals surface area (Å²) < 4.78 is 17.9. The van der Waals surface area contributed by atoms with Gasteiger partial charge in [-0.1, -0.05) is 85.5 Å². The number of rotatable bonds is 12. The summed E-state index contributed by atoms with van der Waals surface area (Å²) in [6, 6.07) is 26.5. The molecule has 10 heteroatoms. The second-order valence-corrected chi connectivity index (χ2v) is 11.4. The fourth-order valence-electron chi connectivity index (χ4n) is 4.99. The minimum absolute atomic E-state index is 0.0439. The Hall–Kier alpha value is -4.48. The molecule has 3 N–H and O–H groups in total. The Labute approximate surface area is 265 Å². The van der Waals surface area contributed by atoms with Gasteiger partial charge in [-0.05, 0) is 39.9 Å². The lowest BCUT2D eigenvalue weighted by atomic mass is 9.98. The molecule has 4 aromatic rings. The lowest BCUT2D eigenvalue weighted by Gasteiger charge is -2.36. The highest BCUT2D eigenvalue weighted by Crippen LogP contribution is 2.40. The van der Waals surface area contributed by atoms with Crippen LogP contribution >= 0.6 is 11.8 Å². The van der Waals surface area contributed by atoms with Crippen molar-refractivity contribution in [2.75, 3.05) is 12.4 Å². The molecule has 3 aromatic carbocycles. The van der Waals surface area contributed by atoms with E-state index in [4.69, 9.17) is 14.2 Å². The molecule has 1 saturated heterocycles. The number of carbonyl (C=O) groups excluding carboxylic acids is 1. The number of pyridine rings is 1. The number of aromatic carboxylic acids is 1. The first kappa shape index (κ1) is 31.9. The van der Waals surface area contributed by atoms with Crippen molar-refractivity contribution in [2.24, 2.45) is 0 Å². The van der Waals surface area contributed by atoms with E-state index in [1.807, 2.05) is 72.8 Å². The zero-order valence-corrected chi connectivity index (χ0v) is 25.3. The third-order valence-electron chi connectivity index (χ3n) is 7.29. The molecule has 0 bridgehead atoms. The average molecular weight is 627 g/mol. The number of alkyl carbamates (subject to hydrolysis) is 1. The number of aliphatic hydroxyl groups is 1. The smallest absolute Gasteiger partial charge is 0.407 e. The van der Waals surface area contributed by atoms with Crippen molar-refractivity contribution in [3.05, 3.63) is 132 Å². The summed E-state index contributed by atoms with van der Waals surface area (Å²) in [5.41, 5.74) is 5.63. The Balaban J connectivity index is 1.34. The van der Waals surface area contributed by atoms with E-state index in [0.29, 0.717) is 23.7 Å². The summed E-state index contributed by atoms with van der Waals surface area (Å²) in [5, 5.41) is 22.3. The van der Waals surface area contributed by atoms with Gasteiger partial charge in [0.1, 0.15) is 11.6 Å². The topological polar surface area (TPSA) is 127 Å². The SMILES string of the molecule is C=CCOC(=O)NCc1ccccc1-c1ccc(C2OC(CSc3ncccc3C(=O)O)CC(c3ccc(CO)cc3)O2)cc1. The normalized spacial score (nSPS) is 17.8. The highest BCUT2D eigenvalue weighted by Gasteiger charge is 2.32. The number of carboxylic acid groups (broad SMARTS) is 1. The van der Waals surface area contributed by atoms with Crippen LogP contribution in [0, 0.1) is 0 Å². The van der Waals surface area contributed by atoms with Crippen LogP contribution in [0.2, 0.25) is 0 Å². The van der Waals surface area contributed by atoms with E-state index in [1.165, 1.54) is 17.8 Å². The van der Waals surface area contributed by atoms with Crippen LogP contribution in [0.4, 0.5) is 4.79 Å². The average Bonchev–Trinajstić information content (AvgIpc) is 3.09. The van der Waals surface area contributed by atoms with Gasteiger partial charge in [0.25, 0.3) is 0 Å². The van der Waals surface area contributed by atoms with Crippen LogP contribution in [0.25, 0.3) is 11.1 Å². The molecule has 9 nitrogen and oxygen atoms in total. The van der Waals surface area contributed by atoms with E-state index in [2.05, 4.69) is 16.9 Å². The first-order chi connectivity index (χ1) is 21.9. The molecule has 1 aromatic heterocycles. The molecule has 3 atom stereocenters. The largest absolute Gasteiger partial charge is 0.478 e. The van der Waals surface area contributed by atoms with Gasteiger partial charge in [0.05, 0.1) is 24.4 Å². The molecular formula is C35H34N2O7S. The van der Waals surface area contributed by atoms with Gasteiger partial charge in [-0.2, -0.15) is 0 Å². The quantitative estimate of drug-likeness (QED) is 0.116. The van der Waals surface area contributed by atoms with Gasteiger partial charge in [0, 0.05) is 30.5 Å². The third kappa shape index (κ3) is 8.37. The zero-order chi connectivity index (χ0) is 31.6. The number of thioether (sulfide) groups is 1. The molecule has 5 rings (SSSR count). The highest BCUT2D eigenvalue weighted by atomic mass is 32.2. The third-order valence-corrected chi connectivity index (χ3v) is 8.43. The van der Waals surface area contributed by atoms with Crippen molar-refractivity contribution in [1.82, 2.24) is 10.3 Å². The molecule has 45 heavy (non-hydrogen) atoms. The minimum Gasteiger partial charge on any atom is -0.478 e. The van der Waals surface area contributed by atoms with Crippen LogP contribution in [0.5, 0.6) is 0 Å². The fourth-order valence-corrected chi connectivity index (χ4v) is 6.00. The Morgan fingerprint density at radius 3 is 2.49 bits per heavy atom. The predicted molar refractivity (Wildman–Crippen MR) is 171 cm³/mol. The van der Waals surface area contributed by atoms with E-state index < -0.39 is 18.4 Å². The summed E-state index contributed by atoms with van der Waals surface area (Å²) in [6.45, 7) is 3.95. The van der Waals surface area contributed by atoms with Crippen molar-refractivity contribution < 1.29 is 34.0 Å². The molecule has 2 heterocycles. The number of nitrogens with one attached hydrogen (secondary N) is 1. The number of ether oxygens (including phenoxy) is 3. The highest BCUT2D eigenvalue weighted by molar-refractivity contribution is 7.99. The molecule has 0 spiro atoms. The van der Waals surface area contributed by atoms with Crippen molar-refractivity contribution in [3.63, 3.8) is 0 Å². The second-order valence-electron chi connectivity index (χ2n) is 10.3. The number of aromatic nitrogens is 1. The molecule has 1 amide bonds. The molecule has 0 saturated carbocycles. The fraction of sp³-hybridized carbons (Fsp3) is 0.229. The molecule has 1 fully saturated rings. The Kier molecular flexibility index (Phi) is 11.0. The molecule has 0 radical (unpaired) electrons. The monoisotopic (exact) mass is 626 g/mol. The molecule has 1 aliphatic heterocycles. The maximum Gasteiger partial charge on any atom is 0.407 e. The van der Waals surface area contributed by atoms with Gasteiger partial charge < -0.3 is 29.7 Å². The number of hydrogen-bond acceptors (Lipinski definition) is 8. The van der Waals surface area contributed by atoms with Gasteiger partial charge >= 0.3 is 12.1 Å². The summed E-state index contributed by atoms with van der Waals surface area (Å²) >= 11 is 1.35. The lowest BCUT2D eigenvalue weighted by Crippen LogP contribution is -2.31. The van der Waals surface area contributed by atoms with Crippen molar-refractivity contribution >= 4 is 23.8 Å². The summed E-state index contributed by atoms with van der Waals surface area (Å²) in [6.07, 6.45) is 1.94. The molecule has 3 unspecified atom stereocenters. The van der Waals surface area contributed by atoms with Crippen molar-refractivity contribution in [2.45, 2.75) is 43.1 Å². The molecule has 1 aliphatic rings. The first-order valence-electron chi connectivity index (χ1n) is 14.5.